The Bertz CT molecular complexity index is 614. The van der Waals surface area contributed by atoms with Crippen LogP contribution >= 0.6 is 0 Å². The van der Waals surface area contributed by atoms with E-state index in [1.807, 2.05) is 12.1 Å². The largest absolute Gasteiger partial charge is 1.00 e. The van der Waals surface area contributed by atoms with Gasteiger partial charge in [0.1, 0.15) is 6.10 Å². The van der Waals surface area contributed by atoms with E-state index in [9.17, 15) is 8.78 Å². The van der Waals surface area contributed by atoms with Crippen molar-refractivity contribution in [2.75, 3.05) is 0 Å². The first kappa shape index (κ1) is 16.3. The van der Waals surface area contributed by atoms with Crippen LogP contribution in [-0.2, 0) is 6.42 Å². The third-order valence-corrected chi connectivity index (χ3v) is 3.47. The molecule has 0 fully saturated rings. The number of fused-ring (bicyclic) bond motifs is 1. The van der Waals surface area contributed by atoms with Crippen LogP contribution in [0.3, 0.4) is 0 Å². The Labute approximate surface area is 166 Å². The van der Waals surface area contributed by atoms with E-state index < -0.39 is 11.6 Å². The average Bonchev–Trinajstić information content (AvgIpc) is 2.46. The minimum atomic E-state index is -0.873. The Hall–Kier alpha value is -0.0948. The van der Waals surface area contributed by atoms with Gasteiger partial charge in [-0.15, -0.1) is 5.56 Å². The molecule has 1 heterocycles. The standard InChI is InChI=1S/C16H13F2O.Rb/c1-10-9-12-7-8-13(11-5-3-2-4-6-11)19-16(12)15(18)14(10)17;/h3-6,9,13H,7-8H2,1H3;/q-1;+1. The molecule has 2 aromatic rings. The number of halogens is 2. The first-order valence-corrected chi connectivity index (χ1v) is 6.27. The molecule has 0 saturated heterocycles. The molecule has 0 amide bonds. The summed E-state index contributed by atoms with van der Waals surface area (Å²) in [5.41, 5.74) is 2.03. The molecule has 0 spiro atoms. The zero-order valence-electron chi connectivity index (χ0n) is 11.5. The van der Waals surface area contributed by atoms with Gasteiger partial charge in [-0.05, 0) is 37.0 Å². The van der Waals surface area contributed by atoms with Gasteiger partial charge in [0.15, 0.2) is 11.6 Å². The molecule has 0 N–H and O–H groups in total. The summed E-state index contributed by atoms with van der Waals surface area (Å²) in [5, 5.41) is 0. The van der Waals surface area contributed by atoms with Crippen LogP contribution in [0, 0.1) is 24.6 Å². The molecular weight excluding hydrogens is 332 g/mol. The zero-order valence-corrected chi connectivity index (χ0v) is 16.5. The van der Waals surface area contributed by atoms with Crippen molar-refractivity contribution in [1.82, 2.24) is 0 Å². The molecule has 1 nitrogen and oxygen atoms in total. The van der Waals surface area contributed by atoms with Gasteiger partial charge < -0.3 is 4.74 Å². The molecule has 0 aromatic heterocycles. The van der Waals surface area contributed by atoms with Crippen molar-refractivity contribution in [1.29, 1.82) is 0 Å². The minimum absolute atomic E-state index is 0. The Kier molecular flexibility index (Phi) is 5.52. The van der Waals surface area contributed by atoms with Gasteiger partial charge in [0.25, 0.3) is 0 Å². The number of aryl methyl sites for hydroxylation is 2. The van der Waals surface area contributed by atoms with Crippen LogP contribution in [0.1, 0.15) is 29.2 Å². The molecule has 0 saturated carbocycles. The molecule has 4 heteroatoms. The Balaban J connectivity index is 0.00000147. The molecule has 98 valence electrons. The molecule has 1 unspecified atom stereocenters. The summed E-state index contributed by atoms with van der Waals surface area (Å²) < 4.78 is 33.2. The van der Waals surface area contributed by atoms with E-state index in [0.29, 0.717) is 12.0 Å². The van der Waals surface area contributed by atoms with Gasteiger partial charge in [0.05, 0.1) is 0 Å². The average molecular weight is 345 g/mol. The summed E-state index contributed by atoms with van der Waals surface area (Å²) >= 11 is 0. The summed E-state index contributed by atoms with van der Waals surface area (Å²) in [7, 11) is 0. The van der Waals surface area contributed by atoms with E-state index in [2.05, 4.69) is 6.07 Å². The molecule has 3 rings (SSSR count). The fourth-order valence-electron chi connectivity index (χ4n) is 2.45. The number of hydrogen-bond donors (Lipinski definition) is 0. The van der Waals surface area contributed by atoms with Gasteiger partial charge in [-0.3, -0.25) is 0 Å². The molecule has 0 bridgehead atoms. The van der Waals surface area contributed by atoms with Gasteiger partial charge in [-0.1, -0.05) is 0 Å². The third-order valence-electron chi connectivity index (χ3n) is 3.47. The molecular formula is C16H13F2ORb. The molecule has 1 aliphatic rings. The van der Waals surface area contributed by atoms with Crippen molar-refractivity contribution in [2.24, 2.45) is 0 Å². The predicted octanol–water partition coefficient (Wildman–Crippen LogP) is 1.14. The maximum Gasteiger partial charge on any atom is 1.00 e. The molecule has 1 atom stereocenters. The van der Waals surface area contributed by atoms with Crippen LogP contribution in [-0.4, -0.2) is 0 Å². The van der Waals surface area contributed by atoms with Gasteiger partial charge in [-0.25, -0.2) is 4.39 Å². The van der Waals surface area contributed by atoms with Crippen molar-refractivity contribution >= 4 is 0 Å². The fourth-order valence-corrected chi connectivity index (χ4v) is 2.45. The first-order valence-electron chi connectivity index (χ1n) is 6.27. The minimum Gasteiger partial charge on any atom is -0.484 e. The zero-order chi connectivity index (χ0) is 13.4. The molecule has 0 radical (unpaired) electrons. The number of benzene rings is 2. The Morgan fingerprint density at radius 3 is 2.60 bits per heavy atom. The van der Waals surface area contributed by atoms with Crippen molar-refractivity contribution < 1.29 is 71.7 Å². The van der Waals surface area contributed by atoms with Crippen LogP contribution in [0.25, 0.3) is 0 Å². The van der Waals surface area contributed by atoms with Crippen molar-refractivity contribution in [2.45, 2.75) is 25.9 Å². The summed E-state index contributed by atoms with van der Waals surface area (Å²) in [5.74, 6) is -1.63. The number of hydrogen-bond acceptors (Lipinski definition) is 1. The topological polar surface area (TPSA) is 9.23 Å². The van der Waals surface area contributed by atoms with Gasteiger partial charge >= 0.3 is 58.2 Å². The Morgan fingerprint density at radius 1 is 1.20 bits per heavy atom. The van der Waals surface area contributed by atoms with E-state index >= 15 is 0 Å². The van der Waals surface area contributed by atoms with Gasteiger partial charge in [0.2, 0.25) is 5.82 Å². The monoisotopic (exact) mass is 344 g/mol. The normalized spacial score (nSPS) is 16.9. The second kappa shape index (κ2) is 6.78. The quantitative estimate of drug-likeness (QED) is 0.705. The van der Waals surface area contributed by atoms with Crippen LogP contribution in [0.4, 0.5) is 8.78 Å². The van der Waals surface area contributed by atoms with Crippen molar-refractivity contribution in [3.63, 3.8) is 0 Å². The summed E-state index contributed by atoms with van der Waals surface area (Å²) in [6.45, 7) is 1.57. The second-order valence-electron chi connectivity index (χ2n) is 4.79. The van der Waals surface area contributed by atoms with Gasteiger partial charge in [-0.2, -0.15) is 34.7 Å². The van der Waals surface area contributed by atoms with Crippen LogP contribution in [0.15, 0.2) is 30.3 Å². The summed E-state index contributed by atoms with van der Waals surface area (Å²) in [6, 6.07) is 12.0. The van der Waals surface area contributed by atoms with Crippen LogP contribution in [0.5, 0.6) is 5.75 Å². The maximum absolute atomic E-state index is 13.9. The van der Waals surface area contributed by atoms with E-state index in [4.69, 9.17) is 4.74 Å². The summed E-state index contributed by atoms with van der Waals surface area (Å²) in [6.07, 6.45) is 1.23. The number of rotatable bonds is 1. The molecule has 2 aromatic carbocycles. The SMILES string of the molecule is Cc1cc2c(c(F)c1F)OC(c1cc[c-]cc1)CC2.[Rb+]. The fraction of sp³-hybridized carbons (Fsp3) is 0.250. The van der Waals surface area contributed by atoms with E-state index in [1.54, 1.807) is 25.1 Å². The van der Waals surface area contributed by atoms with E-state index in [1.165, 1.54) is 0 Å². The predicted molar refractivity (Wildman–Crippen MR) is 68.1 cm³/mol. The van der Waals surface area contributed by atoms with Crippen LogP contribution in [0.2, 0.25) is 0 Å². The van der Waals surface area contributed by atoms with Crippen LogP contribution < -0.4 is 62.9 Å². The molecule has 1 aliphatic heterocycles. The second-order valence-corrected chi connectivity index (χ2v) is 4.79. The molecule has 0 aliphatic carbocycles. The first-order chi connectivity index (χ1) is 9.16. The van der Waals surface area contributed by atoms with E-state index in [-0.39, 0.29) is 70.0 Å². The van der Waals surface area contributed by atoms with Crippen molar-refractivity contribution in [3.05, 3.63) is 64.7 Å². The maximum atomic E-state index is 13.9. The third kappa shape index (κ3) is 3.06. The van der Waals surface area contributed by atoms with E-state index in [0.717, 1.165) is 17.5 Å². The van der Waals surface area contributed by atoms with Crippen molar-refractivity contribution in [3.8, 4) is 5.75 Å². The Morgan fingerprint density at radius 2 is 1.90 bits per heavy atom. The smallest absolute Gasteiger partial charge is 0.484 e. The summed E-state index contributed by atoms with van der Waals surface area (Å²) in [4.78, 5) is 0. The van der Waals surface area contributed by atoms with Gasteiger partial charge in [0, 0.05) is 0 Å². The molecule has 20 heavy (non-hydrogen) atoms. The number of ether oxygens (including phenoxy) is 1.